The molecule has 1 aliphatic heterocycles. The van der Waals surface area contributed by atoms with Gasteiger partial charge in [-0.1, -0.05) is 65.9 Å². The number of nitrogens with zero attached hydrogens (tertiary/aromatic N) is 3. The predicted molar refractivity (Wildman–Crippen MR) is 156 cm³/mol. The van der Waals surface area contributed by atoms with Gasteiger partial charge >= 0.3 is 0 Å². The number of aryl methyl sites for hydroxylation is 1. The third-order valence-electron chi connectivity index (χ3n) is 7.63. The van der Waals surface area contributed by atoms with Crippen LogP contribution in [-0.2, 0) is 6.42 Å². The molecule has 1 aromatic heterocycles. The Hall–Kier alpha value is -3.90. The van der Waals surface area contributed by atoms with Crippen LogP contribution < -0.4 is 24.5 Å². The minimum Gasteiger partial charge on any atom is -0.496 e. The average Bonchev–Trinajstić information content (AvgIpc) is 3.27. The third kappa shape index (κ3) is 4.09. The van der Waals surface area contributed by atoms with Gasteiger partial charge in [-0.3, -0.25) is 9.36 Å². The highest BCUT2D eigenvalue weighted by Gasteiger charge is 2.33. The van der Waals surface area contributed by atoms with Crippen molar-refractivity contribution in [2.24, 2.45) is 4.99 Å². The second-order valence-corrected chi connectivity index (χ2v) is 10.6. The summed E-state index contributed by atoms with van der Waals surface area (Å²) in [5, 5.41) is 0. The average molecular weight is 522 g/mol. The summed E-state index contributed by atoms with van der Waals surface area (Å²) >= 11 is 1.46. The van der Waals surface area contributed by atoms with Crippen LogP contribution in [-0.4, -0.2) is 24.8 Å². The first-order chi connectivity index (χ1) is 18.6. The molecule has 1 atom stereocenters. The Bertz CT molecular complexity index is 1710. The molecule has 0 unspecified atom stereocenters. The molecular weight excluding hydrogens is 490 g/mol. The number of benzene rings is 3. The number of hydrogen-bond donors (Lipinski definition) is 0. The number of aromatic nitrogens is 1. The van der Waals surface area contributed by atoms with Gasteiger partial charge in [0.15, 0.2) is 4.80 Å². The maximum absolute atomic E-state index is 14.0. The van der Waals surface area contributed by atoms with Crippen molar-refractivity contribution in [1.29, 1.82) is 0 Å². The van der Waals surface area contributed by atoms with Crippen molar-refractivity contribution in [3.63, 3.8) is 0 Å². The summed E-state index contributed by atoms with van der Waals surface area (Å²) in [6.07, 6.45) is 3.78. The van der Waals surface area contributed by atoms with Crippen LogP contribution in [0.15, 0.2) is 88.2 Å². The van der Waals surface area contributed by atoms with Crippen molar-refractivity contribution in [2.45, 2.75) is 32.7 Å². The number of fused-ring (bicyclic) bond motifs is 3. The molecule has 0 saturated heterocycles. The zero-order valence-corrected chi connectivity index (χ0v) is 22.8. The molecule has 5 nitrogen and oxygen atoms in total. The van der Waals surface area contributed by atoms with Crippen LogP contribution in [0.3, 0.4) is 0 Å². The van der Waals surface area contributed by atoms with E-state index in [2.05, 4.69) is 73.3 Å². The van der Waals surface area contributed by atoms with Crippen molar-refractivity contribution in [3.8, 4) is 5.75 Å². The van der Waals surface area contributed by atoms with Gasteiger partial charge in [-0.25, -0.2) is 4.99 Å². The van der Waals surface area contributed by atoms with Crippen molar-refractivity contribution >= 4 is 28.8 Å². The van der Waals surface area contributed by atoms with E-state index < -0.39 is 0 Å². The molecule has 0 saturated carbocycles. The highest BCUT2D eigenvalue weighted by Crippen LogP contribution is 2.43. The minimum absolute atomic E-state index is 0.0112. The summed E-state index contributed by atoms with van der Waals surface area (Å²) in [5.41, 5.74) is 7.83. The van der Waals surface area contributed by atoms with E-state index in [0.717, 1.165) is 53.3 Å². The predicted octanol–water partition coefficient (Wildman–Crippen LogP) is 5.17. The fraction of sp³-hybridized carbons (Fsp3) is 0.250. The first kappa shape index (κ1) is 24.4. The van der Waals surface area contributed by atoms with Crippen molar-refractivity contribution in [1.82, 2.24) is 4.57 Å². The van der Waals surface area contributed by atoms with E-state index in [0.29, 0.717) is 4.53 Å². The van der Waals surface area contributed by atoms with Crippen LogP contribution in [0.25, 0.3) is 11.8 Å². The third-order valence-corrected chi connectivity index (χ3v) is 8.61. The van der Waals surface area contributed by atoms with Gasteiger partial charge in [0.1, 0.15) is 5.75 Å². The molecule has 6 heteroatoms. The lowest BCUT2D eigenvalue weighted by Gasteiger charge is -2.31. The molecule has 2 heterocycles. The zero-order valence-electron chi connectivity index (χ0n) is 22.0. The Morgan fingerprint density at radius 1 is 1.00 bits per heavy atom. The van der Waals surface area contributed by atoms with E-state index in [4.69, 9.17) is 9.73 Å². The molecule has 192 valence electrons. The van der Waals surface area contributed by atoms with Crippen LogP contribution in [0.2, 0.25) is 0 Å². The summed E-state index contributed by atoms with van der Waals surface area (Å²) in [4.78, 5) is 22.2. The van der Waals surface area contributed by atoms with Gasteiger partial charge in [0.25, 0.3) is 5.56 Å². The lowest BCUT2D eigenvalue weighted by atomic mass is 9.83. The molecular formula is C32H31N3O2S. The van der Waals surface area contributed by atoms with Crippen LogP contribution in [0, 0.1) is 0 Å². The Kier molecular flexibility index (Phi) is 6.50. The minimum atomic E-state index is -0.252. The number of ether oxygens (including phenoxy) is 1. The van der Waals surface area contributed by atoms with E-state index in [1.807, 2.05) is 28.8 Å². The normalized spacial score (nSPS) is 16.4. The van der Waals surface area contributed by atoms with E-state index >= 15 is 0 Å². The SMILES string of the molecule is CCN(CC)c1ccc(/C=c2\sc3n(c2=O)[C@@H](c2ccccc2OC)C2=C(N=3)c3ccccc3CC2)cc1. The van der Waals surface area contributed by atoms with Crippen LogP contribution in [0.1, 0.15) is 48.6 Å². The number of allylic oxidation sites excluding steroid dienone is 1. The smallest absolute Gasteiger partial charge is 0.271 e. The quantitative estimate of drug-likeness (QED) is 0.352. The largest absolute Gasteiger partial charge is 0.496 e. The van der Waals surface area contributed by atoms with E-state index in [1.165, 1.54) is 33.7 Å². The van der Waals surface area contributed by atoms with E-state index in [1.54, 1.807) is 7.11 Å². The second-order valence-electron chi connectivity index (χ2n) is 9.62. The number of para-hydroxylation sites is 1. The van der Waals surface area contributed by atoms with Crippen LogP contribution in [0.4, 0.5) is 5.69 Å². The molecule has 0 N–H and O–H groups in total. The van der Waals surface area contributed by atoms with Gasteiger partial charge in [-0.05, 0) is 67.7 Å². The number of hydrogen-bond acceptors (Lipinski definition) is 5. The number of thiazole rings is 1. The van der Waals surface area contributed by atoms with E-state index in [9.17, 15) is 4.79 Å². The van der Waals surface area contributed by atoms with Crippen LogP contribution >= 0.6 is 11.3 Å². The highest BCUT2D eigenvalue weighted by atomic mass is 32.1. The molecule has 38 heavy (non-hydrogen) atoms. The fourth-order valence-electron chi connectivity index (χ4n) is 5.71. The van der Waals surface area contributed by atoms with Crippen LogP contribution in [0.5, 0.6) is 5.75 Å². The Morgan fingerprint density at radius 3 is 2.50 bits per heavy atom. The molecule has 1 aliphatic carbocycles. The lowest BCUT2D eigenvalue weighted by Crippen LogP contribution is -2.39. The number of rotatable bonds is 6. The zero-order chi connectivity index (χ0) is 26.2. The summed E-state index contributed by atoms with van der Waals surface area (Å²) in [6.45, 7) is 6.25. The van der Waals surface area contributed by atoms with Gasteiger partial charge < -0.3 is 9.64 Å². The van der Waals surface area contributed by atoms with Gasteiger partial charge in [0.2, 0.25) is 0 Å². The lowest BCUT2D eigenvalue weighted by molar-refractivity contribution is 0.402. The molecule has 6 rings (SSSR count). The highest BCUT2D eigenvalue weighted by molar-refractivity contribution is 7.07. The molecule has 0 spiro atoms. The number of anilines is 1. The maximum atomic E-state index is 14.0. The Morgan fingerprint density at radius 2 is 1.74 bits per heavy atom. The molecule has 4 aromatic rings. The molecule has 0 fully saturated rings. The summed E-state index contributed by atoms with van der Waals surface area (Å²) in [7, 11) is 1.69. The fourth-order valence-corrected chi connectivity index (χ4v) is 6.71. The maximum Gasteiger partial charge on any atom is 0.271 e. The summed E-state index contributed by atoms with van der Waals surface area (Å²) in [6, 6.07) is 24.7. The second kappa shape index (κ2) is 10.1. The number of methoxy groups -OCH3 is 1. The standard InChI is InChI=1S/C32H31N3O2S/c1-4-34(5-2)23-17-14-21(15-18-23)20-28-31(36)35-30(25-12-8-9-13-27(25)37-3)26-19-16-22-10-6-7-11-24(22)29(26)33-32(35)38-28/h6-15,17-18,20,30H,4-5,16,19H2,1-3H3/b28-20-/t30-/m0/s1. The van der Waals surface area contributed by atoms with Gasteiger partial charge in [-0.15, -0.1) is 0 Å². The molecule has 0 bridgehead atoms. The van der Waals surface area contributed by atoms with Crippen molar-refractivity contribution in [2.75, 3.05) is 25.1 Å². The van der Waals surface area contributed by atoms with Gasteiger partial charge in [-0.2, -0.15) is 0 Å². The van der Waals surface area contributed by atoms with Crippen molar-refractivity contribution in [3.05, 3.63) is 120 Å². The first-order valence-electron chi connectivity index (χ1n) is 13.2. The summed E-state index contributed by atoms with van der Waals surface area (Å²) in [5.74, 6) is 0.784. The molecule has 0 radical (unpaired) electrons. The topological polar surface area (TPSA) is 46.8 Å². The Labute approximate surface area is 226 Å². The molecule has 0 amide bonds. The monoisotopic (exact) mass is 521 g/mol. The summed E-state index contributed by atoms with van der Waals surface area (Å²) < 4.78 is 8.34. The van der Waals surface area contributed by atoms with E-state index in [-0.39, 0.29) is 11.6 Å². The van der Waals surface area contributed by atoms with Gasteiger partial charge in [0.05, 0.1) is 23.4 Å². The Balaban J connectivity index is 1.54. The first-order valence-corrected chi connectivity index (χ1v) is 14.1. The molecule has 3 aromatic carbocycles. The molecule has 2 aliphatic rings. The van der Waals surface area contributed by atoms with Gasteiger partial charge in [0, 0.05) is 29.9 Å². The van der Waals surface area contributed by atoms with Crippen molar-refractivity contribution < 1.29 is 4.74 Å².